The maximum atomic E-state index is 11.1. The van der Waals surface area contributed by atoms with Crippen LogP contribution >= 0.6 is 0 Å². The van der Waals surface area contributed by atoms with Gasteiger partial charge in [0.15, 0.2) is 0 Å². The van der Waals surface area contributed by atoms with Crippen LogP contribution in [0, 0.1) is 18.8 Å². The van der Waals surface area contributed by atoms with E-state index in [9.17, 15) is 4.79 Å². The van der Waals surface area contributed by atoms with E-state index >= 15 is 0 Å². The monoisotopic (exact) mass is 278 g/mol. The van der Waals surface area contributed by atoms with Gasteiger partial charge in [-0.1, -0.05) is 24.0 Å². The van der Waals surface area contributed by atoms with Gasteiger partial charge >= 0.3 is 6.09 Å². The smallest absolute Gasteiger partial charge is 0.407 e. The molecule has 21 heavy (non-hydrogen) atoms. The van der Waals surface area contributed by atoms with Crippen molar-refractivity contribution in [1.82, 2.24) is 10.3 Å². The predicted octanol–water partition coefficient (Wildman–Crippen LogP) is 2.57. The van der Waals surface area contributed by atoms with Gasteiger partial charge < -0.3 is 10.1 Å². The fourth-order valence-electron chi connectivity index (χ4n) is 2.13. The minimum absolute atomic E-state index is 0.0978. The lowest BCUT2D eigenvalue weighted by Gasteiger charge is -2.07. The topological polar surface area (TPSA) is 51.2 Å². The van der Waals surface area contributed by atoms with Gasteiger partial charge in [-0.15, -0.1) is 0 Å². The molecule has 0 aliphatic carbocycles. The van der Waals surface area contributed by atoms with Crippen LogP contribution in [-0.4, -0.2) is 17.7 Å². The van der Waals surface area contributed by atoms with E-state index in [1.165, 1.54) is 0 Å². The summed E-state index contributed by atoms with van der Waals surface area (Å²) in [4.78, 5) is 15.2. The van der Waals surface area contributed by atoms with Gasteiger partial charge in [-0.05, 0) is 36.2 Å². The molecule has 1 fully saturated rings. The molecule has 1 saturated heterocycles. The lowest BCUT2D eigenvalue weighted by molar-refractivity contribution is 0.177. The third-order valence-corrected chi connectivity index (χ3v) is 3.34. The predicted molar refractivity (Wildman–Crippen MR) is 78.6 cm³/mol. The van der Waals surface area contributed by atoms with Crippen molar-refractivity contribution in [3.05, 3.63) is 65.0 Å². The molecule has 4 heteroatoms. The number of aryl methyl sites for hydroxylation is 1. The summed E-state index contributed by atoms with van der Waals surface area (Å²) >= 11 is 0. The maximum Gasteiger partial charge on any atom is 0.407 e. The van der Waals surface area contributed by atoms with Crippen LogP contribution in [0.4, 0.5) is 4.79 Å². The van der Waals surface area contributed by atoms with E-state index in [-0.39, 0.29) is 12.1 Å². The minimum Gasteiger partial charge on any atom is -0.447 e. The normalized spacial score (nSPS) is 16.6. The van der Waals surface area contributed by atoms with Gasteiger partial charge in [0.05, 0.1) is 6.04 Å². The zero-order valence-corrected chi connectivity index (χ0v) is 11.6. The highest BCUT2D eigenvalue weighted by atomic mass is 16.6. The number of carbonyl (C=O) groups excluding carboxylic acids is 1. The summed E-state index contributed by atoms with van der Waals surface area (Å²) in [5.41, 5.74) is 3.91. The highest BCUT2D eigenvalue weighted by molar-refractivity contribution is 5.70. The van der Waals surface area contributed by atoms with Crippen molar-refractivity contribution in [1.29, 1.82) is 0 Å². The lowest BCUT2D eigenvalue weighted by atomic mass is 10.0. The van der Waals surface area contributed by atoms with Gasteiger partial charge in [-0.2, -0.15) is 0 Å². The van der Waals surface area contributed by atoms with Crippen LogP contribution < -0.4 is 5.32 Å². The summed E-state index contributed by atoms with van der Waals surface area (Å²) < 4.78 is 4.91. The molecule has 1 N–H and O–H groups in total. The van der Waals surface area contributed by atoms with E-state index in [1.54, 1.807) is 12.4 Å². The number of hydrogen-bond donors (Lipinski definition) is 1. The van der Waals surface area contributed by atoms with Crippen LogP contribution in [0.3, 0.4) is 0 Å². The van der Waals surface area contributed by atoms with E-state index < -0.39 is 0 Å². The first-order valence-electron chi connectivity index (χ1n) is 6.68. The average Bonchev–Trinajstić information content (AvgIpc) is 2.93. The van der Waals surface area contributed by atoms with Crippen LogP contribution in [0.1, 0.15) is 28.3 Å². The second kappa shape index (κ2) is 5.68. The van der Waals surface area contributed by atoms with E-state index in [2.05, 4.69) is 22.1 Å². The minimum atomic E-state index is -0.373. The second-order valence-corrected chi connectivity index (χ2v) is 4.86. The zero-order chi connectivity index (χ0) is 14.7. The quantitative estimate of drug-likeness (QED) is 0.816. The number of alkyl carbamates (subject to hydrolysis) is 1. The van der Waals surface area contributed by atoms with Crippen molar-refractivity contribution in [2.75, 3.05) is 6.61 Å². The van der Waals surface area contributed by atoms with Crippen LogP contribution in [-0.2, 0) is 4.74 Å². The SMILES string of the molecule is Cc1ccncc1C#Cc1cccc([C@@H]2COC(=O)N2)c1. The Labute approximate surface area is 123 Å². The number of pyridine rings is 1. The van der Waals surface area contributed by atoms with E-state index in [4.69, 9.17) is 4.74 Å². The summed E-state index contributed by atoms with van der Waals surface area (Å²) in [6.45, 7) is 2.37. The van der Waals surface area contributed by atoms with Crippen LogP contribution in [0.2, 0.25) is 0 Å². The highest BCUT2D eigenvalue weighted by Crippen LogP contribution is 2.18. The van der Waals surface area contributed by atoms with Gasteiger partial charge in [0, 0.05) is 23.5 Å². The van der Waals surface area contributed by atoms with E-state index in [0.717, 1.165) is 22.3 Å². The number of benzene rings is 1. The Morgan fingerprint density at radius 3 is 3.00 bits per heavy atom. The highest BCUT2D eigenvalue weighted by Gasteiger charge is 2.23. The standard InChI is InChI=1S/C17H14N2O2/c1-12-7-8-18-10-15(12)6-5-13-3-2-4-14(9-13)16-11-21-17(20)19-16/h2-4,7-10,16H,11H2,1H3,(H,19,20)/t16-/m0/s1. The van der Waals surface area contributed by atoms with Gasteiger partial charge in [-0.3, -0.25) is 4.98 Å². The third kappa shape index (κ3) is 3.03. The lowest BCUT2D eigenvalue weighted by Crippen LogP contribution is -2.18. The Bertz CT molecular complexity index is 744. The van der Waals surface area contributed by atoms with Crippen molar-refractivity contribution in [2.24, 2.45) is 0 Å². The van der Waals surface area contributed by atoms with E-state index in [1.807, 2.05) is 37.3 Å². The van der Waals surface area contributed by atoms with Crippen LogP contribution in [0.15, 0.2) is 42.7 Å². The molecule has 0 bridgehead atoms. The number of ether oxygens (including phenoxy) is 1. The average molecular weight is 278 g/mol. The first-order valence-corrected chi connectivity index (χ1v) is 6.68. The van der Waals surface area contributed by atoms with Crippen LogP contribution in [0.5, 0.6) is 0 Å². The van der Waals surface area contributed by atoms with Gasteiger partial charge in [0.25, 0.3) is 0 Å². The molecule has 1 aliphatic heterocycles. The molecular weight excluding hydrogens is 264 g/mol. The number of nitrogens with one attached hydrogen (secondary N) is 1. The van der Waals surface area contributed by atoms with Crippen molar-refractivity contribution in [3.8, 4) is 11.8 Å². The molecule has 1 atom stereocenters. The van der Waals surface area contributed by atoms with Gasteiger partial charge in [-0.25, -0.2) is 4.79 Å². The van der Waals surface area contributed by atoms with Crippen molar-refractivity contribution < 1.29 is 9.53 Å². The molecule has 3 rings (SSSR count). The molecule has 0 spiro atoms. The fourth-order valence-corrected chi connectivity index (χ4v) is 2.13. The Morgan fingerprint density at radius 2 is 2.24 bits per heavy atom. The maximum absolute atomic E-state index is 11.1. The Balaban J connectivity index is 1.84. The first-order chi connectivity index (χ1) is 10.2. The zero-order valence-electron chi connectivity index (χ0n) is 11.6. The summed E-state index contributed by atoms with van der Waals surface area (Å²) in [6.07, 6.45) is 3.14. The van der Waals surface area contributed by atoms with Crippen LogP contribution in [0.25, 0.3) is 0 Å². The Morgan fingerprint density at radius 1 is 1.33 bits per heavy atom. The first kappa shape index (κ1) is 13.2. The molecule has 1 aromatic heterocycles. The molecular formula is C17H14N2O2. The largest absolute Gasteiger partial charge is 0.447 e. The number of cyclic esters (lactones) is 1. The summed E-state index contributed by atoms with van der Waals surface area (Å²) in [5, 5.41) is 2.76. The number of nitrogens with zero attached hydrogens (tertiary/aromatic N) is 1. The molecule has 0 unspecified atom stereocenters. The third-order valence-electron chi connectivity index (χ3n) is 3.34. The number of rotatable bonds is 1. The number of hydrogen-bond acceptors (Lipinski definition) is 3. The molecule has 1 aliphatic rings. The van der Waals surface area contributed by atoms with Crippen molar-refractivity contribution >= 4 is 6.09 Å². The summed E-state index contributed by atoms with van der Waals surface area (Å²) in [7, 11) is 0. The molecule has 0 saturated carbocycles. The van der Waals surface area contributed by atoms with E-state index in [0.29, 0.717) is 6.61 Å². The molecule has 1 aromatic carbocycles. The fraction of sp³-hybridized carbons (Fsp3) is 0.176. The molecule has 1 amide bonds. The number of amides is 1. The molecule has 2 heterocycles. The second-order valence-electron chi connectivity index (χ2n) is 4.86. The molecule has 104 valence electrons. The molecule has 0 radical (unpaired) electrons. The Kier molecular flexibility index (Phi) is 3.57. The Hall–Kier alpha value is -2.80. The summed E-state index contributed by atoms with van der Waals surface area (Å²) in [5.74, 6) is 6.26. The number of carbonyl (C=O) groups is 1. The summed E-state index contributed by atoms with van der Waals surface area (Å²) in [6, 6.07) is 9.64. The van der Waals surface area contributed by atoms with Gasteiger partial charge in [0.2, 0.25) is 0 Å². The number of aromatic nitrogens is 1. The van der Waals surface area contributed by atoms with Crippen molar-refractivity contribution in [2.45, 2.75) is 13.0 Å². The molecule has 4 nitrogen and oxygen atoms in total. The van der Waals surface area contributed by atoms with Crippen molar-refractivity contribution in [3.63, 3.8) is 0 Å². The van der Waals surface area contributed by atoms with Gasteiger partial charge in [0.1, 0.15) is 6.61 Å². The molecule has 2 aromatic rings.